The van der Waals surface area contributed by atoms with Gasteiger partial charge in [0.2, 0.25) is 5.82 Å². The third-order valence-electron chi connectivity index (χ3n) is 5.75. The van der Waals surface area contributed by atoms with E-state index in [4.69, 9.17) is 4.74 Å². The molecule has 3 aromatic rings. The van der Waals surface area contributed by atoms with Crippen molar-refractivity contribution in [3.05, 3.63) is 71.3 Å². The van der Waals surface area contributed by atoms with Gasteiger partial charge in [0.15, 0.2) is 0 Å². The van der Waals surface area contributed by atoms with Crippen molar-refractivity contribution in [1.82, 2.24) is 20.5 Å². The Kier molecular flexibility index (Phi) is 4.46. The molecule has 5 rings (SSSR count). The Morgan fingerprint density at radius 3 is 2.87 bits per heavy atom. The quantitative estimate of drug-likeness (QED) is 0.697. The molecule has 0 spiro atoms. The zero-order valence-corrected chi connectivity index (χ0v) is 16.5. The molecular weight excluding hydrogens is 382 g/mol. The number of H-pyrrole nitrogens is 1. The number of ether oxygens (including phenoxy) is 1. The monoisotopic (exact) mass is 403 g/mol. The second-order valence-corrected chi connectivity index (χ2v) is 7.55. The number of fused-ring (bicyclic) bond motifs is 2. The van der Waals surface area contributed by atoms with Crippen LogP contribution in [0.4, 0.5) is 5.69 Å². The lowest BCUT2D eigenvalue weighted by Gasteiger charge is -2.19. The molecule has 2 aromatic carbocycles. The van der Waals surface area contributed by atoms with Crippen LogP contribution < -0.4 is 15.0 Å². The first-order chi connectivity index (χ1) is 14.6. The Labute approximate surface area is 173 Å². The van der Waals surface area contributed by atoms with E-state index in [1.165, 1.54) is 16.0 Å². The number of nitrogens with one attached hydrogen (secondary N) is 2. The molecule has 1 aromatic heterocycles. The molecule has 2 unspecified atom stereocenters. The fraction of sp³-hybridized carbons (Fsp3) is 0.273. The number of anilines is 1. The first-order valence-corrected chi connectivity index (χ1v) is 9.92. The number of hydrogen-bond donors (Lipinski definition) is 2. The van der Waals surface area contributed by atoms with Crippen LogP contribution in [-0.2, 0) is 11.2 Å². The van der Waals surface area contributed by atoms with Crippen LogP contribution in [0.5, 0.6) is 5.75 Å². The summed E-state index contributed by atoms with van der Waals surface area (Å²) in [6.45, 7) is 0.0446. The summed E-state index contributed by atoms with van der Waals surface area (Å²) in [6.07, 6.45) is 1.90. The van der Waals surface area contributed by atoms with Crippen LogP contribution >= 0.6 is 0 Å². The molecule has 2 amide bonds. The lowest BCUT2D eigenvalue weighted by molar-refractivity contribution is -0.120. The number of carbonyl (C=O) groups is 2. The predicted octanol–water partition coefficient (Wildman–Crippen LogP) is 2.04. The van der Waals surface area contributed by atoms with E-state index in [-0.39, 0.29) is 24.3 Å². The third-order valence-corrected chi connectivity index (χ3v) is 5.75. The number of rotatable bonds is 3. The molecule has 30 heavy (non-hydrogen) atoms. The largest absolute Gasteiger partial charge is 0.489 e. The van der Waals surface area contributed by atoms with Gasteiger partial charge in [-0.1, -0.05) is 36.4 Å². The summed E-state index contributed by atoms with van der Waals surface area (Å²) in [6, 6.07) is 14.7. The van der Waals surface area contributed by atoms with Crippen LogP contribution in [0.3, 0.4) is 0 Å². The minimum atomic E-state index is -0.823. The standard InChI is InChI=1S/C22H21N5O3/c1-27-17-8-4-5-9-18(17)30-12-16(22(27)29)23-21(28)20-24-19(25-26-20)15-11-10-13-6-2-3-7-14(13)15/h2-9,15-16H,10-12H2,1H3,(H,23,28)(H,24,25,26). The number of aryl methyl sites for hydroxylation is 1. The maximum Gasteiger partial charge on any atom is 0.289 e. The maximum absolute atomic E-state index is 12.8. The van der Waals surface area contributed by atoms with E-state index < -0.39 is 11.9 Å². The molecule has 8 nitrogen and oxygen atoms in total. The molecule has 0 bridgehead atoms. The zero-order valence-electron chi connectivity index (χ0n) is 16.5. The lowest BCUT2D eigenvalue weighted by Crippen LogP contribution is -2.49. The molecule has 152 valence electrons. The number of hydrogen-bond acceptors (Lipinski definition) is 5. The average Bonchev–Trinajstić information content (AvgIpc) is 3.40. The SMILES string of the molecule is CN1C(=O)C(NC(=O)c2nnc(C3CCc4ccccc43)[nH]2)COc2ccccc21. The highest BCUT2D eigenvalue weighted by Crippen LogP contribution is 2.36. The molecular formula is C22H21N5O3. The van der Waals surface area contributed by atoms with Gasteiger partial charge in [-0.25, -0.2) is 0 Å². The van der Waals surface area contributed by atoms with Crippen molar-refractivity contribution in [2.45, 2.75) is 24.8 Å². The van der Waals surface area contributed by atoms with Crippen LogP contribution in [-0.4, -0.2) is 46.7 Å². The van der Waals surface area contributed by atoms with Gasteiger partial charge in [-0.3, -0.25) is 9.59 Å². The summed E-state index contributed by atoms with van der Waals surface area (Å²) in [7, 11) is 1.67. The summed E-state index contributed by atoms with van der Waals surface area (Å²) < 4.78 is 5.74. The number of amides is 2. The minimum absolute atomic E-state index is 0.0446. The number of benzene rings is 2. The third kappa shape index (κ3) is 3.10. The van der Waals surface area contributed by atoms with Crippen molar-refractivity contribution in [3.63, 3.8) is 0 Å². The second kappa shape index (κ2) is 7.29. The molecule has 2 atom stereocenters. The Balaban J connectivity index is 1.32. The Hall–Kier alpha value is -3.68. The first-order valence-electron chi connectivity index (χ1n) is 9.92. The number of nitrogens with zero attached hydrogens (tertiary/aromatic N) is 3. The van der Waals surface area contributed by atoms with Gasteiger partial charge < -0.3 is 19.9 Å². The van der Waals surface area contributed by atoms with Crippen LogP contribution in [0.15, 0.2) is 48.5 Å². The van der Waals surface area contributed by atoms with Crippen LogP contribution in [0.25, 0.3) is 0 Å². The van der Waals surface area contributed by atoms with Gasteiger partial charge in [0.05, 0.1) is 5.69 Å². The number of para-hydroxylation sites is 2. The smallest absolute Gasteiger partial charge is 0.289 e. The molecule has 0 saturated heterocycles. The molecule has 0 saturated carbocycles. The molecule has 8 heteroatoms. The first kappa shape index (κ1) is 18.4. The van der Waals surface area contributed by atoms with E-state index in [1.54, 1.807) is 19.2 Å². The lowest BCUT2D eigenvalue weighted by atomic mass is 10.0. The van der Waals surface area contributed by atoms with Gasteiger partial charge in [0.1, 0.15) is 24.2 Å². The topological polar surface area (TPSA) is 100 Å². The predicted molar refractivity (Wildman–Crippen MR) is 110 cm³/mol. The van der Waals surface area contributed by atoms with E-state index in [0.29, 0.717) is 17.3 Å². The summed E-state index contributed by atoms with van der Waals surface area (Å²) in [5.74, 6) is 0.717. The average molecular weight is 403 g/mol. The van der Waals surface area contributed by atoms with E-state index in [0.717, 1.165) is 12.8 Å². The number of aromatic nitrogens is 3. The fourth-order valence-electron chi connectivity index (χ4n) is 4.16. The van der Waals surface area contributed by atoms with Crippen molar-refractivity contribution in [3.8, 4) is 5.75 Å². The second-order valence-electron chi connectivity index (χ2n) is 7.55. The van der Waals surface area contributed by atoms with Crippen molar-refractivity contribution >= 4 is 17.5 Å². The summed E-state index contributed by atoms with van der Waals surface area (Å²) in [5, 5.41) is 11.0. The summed E-state index contributed by atoms with van der Waals surface area (Å²) in [5.41, 5.74) is 3.18. The van der Waals surface area contributed by atoms with Crippen LogP contribution in [0.1, 0.15) is 39.9 Å². The van der Waals surface area contributed by atoms with E-state index in [2.05, 4.69) is 32.6 Å². The molecule has 2 heterocycles. The highest BCUT2D eigenvalue weighted by Gasteiger charge is 2.32. The fourth-order valence-corrected chi connectivity index (χ4v) is 4.16. The molecule has 0 fully saturated rings. The summed E-state index contributed by atoms with van der Waals surface area (Å²) in [4.78, 5) is 30.1. The maximum atomic E-state index is 12.8. The summed E-state index contributed by atoms with van der Waals surface area (Å²) >= 11 is 0. The Bertz CT molecular complexity index is 1130. The van der Waals surface area contributed by atoms with E-state index in [9.17, 15) is 9.59 Å². The molecule has 2 aliphatic rings. The Morgan fingerprint density at radius 1 is 1.17 bits per heavy atom. The molecule has 2 N–H and O–H groups in total. The molecule has 0 radical (unpaired) electrons. The highest BCUT2D eigenvalue weighted by molar-refractivity contribution is 6.02. The van der Waals surface area contributed by atoms with Gasteiger partial charge in [-0.15, -0.1) is 10.2 Å². The van der Waals surface area contributed by atoms with Crippen LogP contribution in [0, 0.1) is 0 Å². The minimum Gasteiger partial charge on any atom is -0.489 e. The van der Waals surface area contributed by atoms with Crippen molar-refractivity contribution in [1.29, 1.82) is 0 Å². The van der Waals surface area contributed by atoms with Crippen LogP contribution in [0.2, 0.25) is 0 Å². The van der Waals surface area contributed by atoms with Crippen molar-refractivity contribution in [2.24, 2.45) is 0 Å². The number of likely N-dealkylation sites (N-methyl/N-ethyl adjacent to an activating group) is 1. The van der Waals surface area contributed by atoms with Gasteiger partial charge in [0, 0.05) is 13.0 Å². The van der Waals surface area contributed by atoms with Crippen molar-refractivity contribution in [2.75, 3.05) is 18.6 Å². The van der Waals surface area contributed by atoms with Gasteiger partial charge in [-0.2, -0.15) is 0 Å². The van der Waals surface area contributed by atoms with Gasteiger partial charge >= 0.3 is 0 Å². The van der Waals surface area contributed by atoms with Gasteiger partial charge in [0.25, 0.3) is 11.8 Å². The Morgan fingerprint density at radius 2 is 1.97 bits per heavy atom. The van der Waals surface area contributed by atoms with Gasteiger partial charge in [-0.05, 0) is 36.1 Å². The molecule has 1 aliphatic carbocycles. The van der Waals surface area contributed by atoms with Crippen molar-refractivity contribution < 1.29 is 14.3 Å². The highest BCUT2D eigenvalue weighted by atomic mass is 16.5. The number of carbonyl (C=O) groups excluding carboxylic acids is 2. The van der Waals surface area contributed by atoms with E-state index >= 15 is 0 Å². The normalized spacial score (nSPS) is 20.2. The molecule has 1 aliphatic heterocycles. The number of aromatic amines is 1. The van der Waals surface area contributed by atoms with E-state index in [1.807, 2.05) is 24.3 Å². The zero-order chi connectivity index (χ0) is 20.7.